The fourth-order valence-electron chi connectivity index (χ4n) is 2.39. The number of nitriles is 1. The molecular weight excluding hydrogens is 324 g/mol. The summed E-state index contributed by atoms with van der Waals surface area (Å²) in [5, 5.41) is 12.0. The van der Waals surface area contributed by atoms with Gasteiger partial charge in [-0.1, -0.05) is 0 Å². The number of halogens is 1. The van der Waals surface area contributed by atoms with Gasteiger partial charge in [0.15, 0.2) is 11.5 Å². The maximum absolute atomic E-state index is 12.1. The average Bonchev–Trinajstić information content (AvgIpc) is 2.84. The number of carbonyl (C=O) groups is 1. The number of fused-ring (bicyclic) bond motifs is 1. The van der Waals surface area contributed by atoms with E-state index in [0.717, 1.165) is 16.5 Å². The fraction of sp³-hybridized carbons (Fsp3) is 0.429. The molecule has 104 valence electrons. The van der Waals surface area contributed by atoms with Crippen LogP contribution in [0.25, 0.3) is 0 Å². The van der Waals surface area contributed by atoms with Crippen LogP contribution in [0.15, 0.2) is 16.6 Å². The predicted molar refractivity (Wildman–Crippen MR) is 74.0 cm³/mol. The number of ether oxygens (including phenoxy) is 2. The van der Waals surface area contributed by atoms with Gasteiger partial charge < -0.3 is 14.8 Å². The molecule has 1 aromatic carbocycles. The maximum atomic E-state index is 12.1. The van der Waals surface area contributed by atoms with Crippen LogP contribution in [0.1, 0.15) is 24.8 Å². The first kappa shape index (κ1) is 13.3. The van der Waals surface area contributed by atoms with Gasteiger partial charge in [0.2, 0.25) is 12.7 Å². The summed E-state index contributed by atoms with van der Waals surface area (Å²) in [6, 6.07) is 5.86. The SMILES string of the molecule is N#CC1(C(=O)NCc2cc(Br)c3c(c2)OCO3)CCC1. The molecule has 0 saturated heterocycles. The molecule has 1 aromatic rings. The topological polar surface area (TPSA) is 71.4 Å². The summed E-state index contributed by atoms with van der Waals surface area (Å²) in [4.78, 5) is 12.1. The van der Waals surface area contributed by atoms with Gasteiger partial charge in [0.25, 0.3) is 0 Å². The van der Waals surface area contributed by atoms with Crippen LogP contribution >= 0.6 is 15.9 Å². The zero-order valence-electron chi connectivity index (χ0n) is 10.7. The fourth-order valence-corrected chi connectivity index (χ4v) is 3.00. The van der Waals surface area contributed by atoms with Gasteiger partial charge in [0, 0.05) is 6.54 Å². The number of rotatable bonds is 3. The van der Waals surface area contributed by atoms with Crippen molar-refractivity contribution in [3.05, 3.63) is 22.2 Å². The van der Waals surface area contributed by atoms with Crippen molar-refractivity contribution >= 4 is 21.8 Å². The molecule has 0 unspecified atom stereocenters. The minimum absolute atomic E-state index is 0.181. The second-order valence-electron chi connectivity index (χ2n) is 5.04. The van der Waals surface area contributed by atoms with Crippen LogP contribution in [0.5, 0.6) is 11.5 Å². The van der Waals surface area contributed by atoms with E-state index in [9.17, 15) is 4.79 Å². The third-order valence-corrected chi connectivity index (χ3v) is 4.38. The van der Waals surface area contributed by atoms with Crippen LogP contribution in [0, 0.1) is 16.7 Å². The van der Waals surface area contributed by atoms with Crippen molar-refractivity contribution in [2.75, 3.05) is 6.79 Å². The van der Waals surface area contributed by atoms with E-state index < -0.39 is 5.41 Å². The van der Waals surface area contributed by atoms with Gasteiger partial charge in [-0.15, -0.1) is 0 Å². The second kappa shape index (κ2) is 4.98. The number of benzene rings is 1. The quantitative estimate of drug-likeness (QED) is 0.920. The van der Waals surface area contributed by atoms with Crippen LogP contribution in [0.2, 0.25) is 0 Å². The van der Waals surface area contributed by atoms with E-state index in [0.29, 0.717) is 30.9 Å². The van der Waals surface area contributed by atoms with Crippen molar-refractivity contribution in [2.24, 2.45) is 5.41 Å². The Bertz CT molecular complexity index is 605. The van der Waals surface area contributed by atoms with E-state index in [2.05, 4.69) is 27.3 Å². The van der Waals surface area contributed by atoms with Crippen molar-refractivity contribution < 1.29 is 14.3 Å². The Kier molecular flexibility index (Phi) is 3.30. The molecule has 2 aliphatic rings. The number of hydrogen-bond donors (Lipinski definition) is 1. The van der Waals surface area contributed by atoms with Crippen molar-refractivity contribution in [3.63, 3.8) is 0 Å². The van der Waals surface area contributed by atoms with E-state index in [4.69, 9.17) is 14.7 Å². The molecule has 1 fully saturated rings. The lowest BCUT2D eigenvalue weighted by Crippen LogP contribution is -2.44. The van der Waals surface area contributed by atoms with Gasteiger partial charge >= 0.3 is 0 Å². The lowest BCUT2D eigenvalue weighted by Gasteiger charge is -2.33. The third-order valence-electron chi connectivity index (χ3n) is 3.80. The highest BCUT2D eigenvalue weighted by molar-refractivity contribution is 9.10. The minimum atomic E-state index is -0.812. The molecule has 0 radical (unpaired) electrons. The molecule has 1 aliphatic heterocycles. The van der Waals surface area contributed by atoms with E-state index in [-0.39, 0.29) is 12.7 Å². The highest BCUT2D eigenvalue weighted by atomic mass is 79.9. The van der Waals surface area contributed by atoms with Gasteiger partial charge in [0.05, 0.1) is 10.5 Å². The molecule has 0 aromatic heterocycles. The molecule has 0 spiro atoms. The number of nitrogens with zero attached hydrogens (tertiary/aromatic N) is 1. The first-order valence-electron chi connectivity index (χ1n) is 6.42. The summed E-state index contributed by atoms with van der Waals surface area (Å²) in [6.45, 7) is 0.582. The van der Waals surface area contributed by atoms with E-state index in [1.54, 1.807) is 0 Å². The molecule has 6 heteroatoms. The second-order valence-corrected chi connectivity index (χ2v) is 5.90. The van der Waals surface area contributed by atoms with Crippen LogP contribution in [0.3, 0.4) is 0 Å². The molecular formula is C14H13BrN2O3. The monoisotopic (exact) mass is 336 g/mol. The predicted octanol–water partition coefficient (Wildman–Crippen LogP) is 2.49. The Balaban J connectivity index is 1.69. The first-order chi connectivity index (χ1) is 9.64. The summed E-state index contributed by atoms with van der Waals surface area (Å²) in [5.74, 6) is 1.18. The van der Waals surface area contributed by atoms with Crippen molar-refractivity contribution in [1.82, 2.24) is 5.32 Å². The molecule has 1 N–H and O–H groups in total. The van der Waals surface area contributed by atoms with E-state index >= 15 is 0 Å². The Morgan fingerprint density at radius 1 is 1.45 bits per heavy atom. The van der Waals surface area contributed by atoms with Gasteiger partial charge in [-0.25, -0.2) is 0 Å². The summed E-state index contributed by atoms with van der Waals surface area (Å²) in [5.41, 5.74) is 0.0926. The van der Waals surface area contributed by atoms with Crippen molar-refractivity contribution in [2.45, 2.75) is 25.8 Å². The Labute approximate surface area is 125 Å². The van der Waals surface area contributed by atoms with Crippen LogP contribution in [0.4, 0.5) is 0 Å². The smallest absolute Gasteiger partial charge is 0.240 e. The van der Waals surface area contributed by atoms with E-state index in [1.165, 1.54) is 0 Å². The maximum Gasteiger partial charge on any atom is 0.240 e. The van der Waals surface area contributed by atoms with Crippen LogP contribution in [-0.4, -0.2) is 12.7 Å². The zero-order chi connectivity index (χ0) is 14.2. The first-order valence-corrected chi connectivity index (χ1v) is 7.21. The summed E-state index contributed by atoms with van der Waals surface area (Å²) < 4.78 is 11.4. The highest BCUT2D eigenvalue weighted by Crippen LogP contribution is 2.41. The lowest BCUT2D eigenvalue weighted by molar-refractivity contribution is -0.131. The van der Waals surface area contributed by atoms with Crippen molar-refractivity contribution in [1.29, 1.82) is 5.26 Å². The molecule has 1 aliphatic carbocycles. The van der Waals surface area contributed by atoms with Crippen molar-refractivity contribution in [3.8, 4) is 17.6 Å². The minimum Gasteiger partial charge on any atom is -0.454 e. The standard InChI is InChI=1S/C14H13BrN2O3/c15-10-4-9(5-11-12(10)20-8-19-11)6-17-13(18)14(7-16)2-1-3-14/h4-5H,1-3,6,8H2,(H,17,18). The third kappa shape index (κ3) is 2.12. The van der Waals surface area contributed by atoms with E-state index in [1.807, 2.05) is 12.1 Å². The normalized spacial score (nSPS) is 18.0. The molecule has 1 heterocycles. The largest absolute Gasteiger partial charge is 0.454 e. The van der Waals surface area contributed by atoms with Crippen LogP contribution < -0.4 is 14.8 Å². The number of nitrogens with one attached hydrogen (secondary N) is 1. The van der Waals surface area contributed by atoms with Gasteiger partial charge in [0.1, 0.15) is 5.41 Å². The van der Waals surface area contributed by atoms with Gasteiger partial charge in [-0.3, -0.25) is 4.79 Å². The highest BCUT2D eigenvalue weighted by Gasteiger charge is 2.44. The molecule has 1 amide bonds. The zero-order valence-corrected chi connectivity index (χ0v) is 12.3. The summed E-state index contributed by atoms with van der Waals surface area (Å²) in [6.07, 6.45) is 2.25. The molecule has 1 saturated carbocycles. The molecule has 5 nitrogen and oxygen atoms in total. The number of carbonyl (C=O) groups excluding carboxylic acids is 1. The van der Waals surface area contributed by atoms with Crippen LogP contribution in [-0.2, 0) is 11.3 Å². The van der Waals surface area contributed by atoms with Gasteiger partial charge in [-0.05, 0) is 52.9 Å². The lowest BCUT2D eigenvalue weighted by atomic mass is 9.69. The molecule has 0 atom stereocenters. The molecule has 3 rings (SSSR count). The average molecular weight is 337 g/mol. The Morgan fingerprint density at radius 3 is 2.90 bits per heavy atom. The Hall–Kier alpha value is -1.74. The Morgan fingerprint density at radius 2 is 2.25 bits per heavy atom. The number of hydrogen-bond acceptors (Lipinski definition) is 4. The molecule has 0 bridgehead atoms. The summed E-state index contributed by atoms with van der Waals surface area (Å²) in [7, 11) is 0. The summed E-state index contributed by atoms with van der Waals surface area (Å²) >= 11 is 3.41. The van der Waals surface area contributed by atoms with Gasteiger partial charge in [-0.2, -0.15) is 5.26 Å². The number of amides is 1. The molecule has 20 heavy (non-hydrogen) atoms.